The number of halogens is 1. The van der Waals surface area contributed by atoms with Gasteiger partial charge >= 0.3 is 0 Å². The number of nitrogens with zero attached hydrogens (tertiary/aromatic N) is 1. The average molecular weight is 340 g/mol. The van der Waals surface area contributed by atoms with Crippen LogP contribution in [0, 0.1) is 21.8 Å². The number of nitro groups is 1. The van der Waals surface area contributed by atoms with Gasteiger partial charge in [-0.05, 0) is 35.6 Å². The van der Waals surface area contributed by atoms with Gasteiger partial charge in [0.05, 0.1) is 29.8 Å². The number of anilines is 1. The molecule has 1 N–H and O–H groups in total. The molecule has 0 bridgehead atoms. The Balaban J connectivity index is 1.84. The van der Waals surface area contributed by atoms with Crippen molar-refractivity contribution >= 4 is 11.4 Å². The molecule has 1 heterocycles. The second kappa shape index (κ2) is 5.88. The van der Waals surface area contributed by atoms with Crippen LogP contribution in [-0.2, 0) is 0 Å². The summed E-state index contributed by atoms with van der Waals surface area (Å²) in [5.74, 6) is 0.481. The zero-order valence-corrected chi connectivity index (χ0v) is 13.6. The molecular weight excluding hydrogens is 323 g/mol. The van der Waals surface area contributed by atoms with Crippen LogP contribution in [-0.4, -0.2) is 12.0 Å². The quantitative estimate of drug-likeness (QED) is 0.505. The first-order valence-electron chi connectivity index (χ1n) is 8.13. The second-order valence-electron chi connectivity index (χ2n) is 6.40. The Hall–Kier alpha value is -2.89. The Morgan fingerprint density at radius 1 is 1.28 bits per heavy atom. The van der Waals surface area contributed by atoms with E-state index in [1.54, 1.807) is 18.2 Å². The van der Waals surface area contributed by atoms with E-state index in [-0.39, 0.29) is 29.4 Å². The van der Waals surface area contributed by atoms with E-state index in [4.69, 9.17) is 4.74 Å². The summed E-state index contributed by atoms with van der Waals surface area (Å²) in [4.78, 5) is 10.8. The number of non-ortho nitro benzene ring substituents is 1. The number of nitrogens with one attached hydrogen (secondary N) is 1. The van der Waals surface area contributed by atoms with E-state index in [1.165, 1.54) is 25.3 Å². The van der Waals surface area contributed by atoms with Crippen molar-refractivity contribution in [3.8, 4) is 5.75 Å². The molecule has 1 aliphatic carbocycles. The maximum Gasteiger partial charge on any atom is 0.273 e. The van der Waals surface area contributed by atoms with Crippen LogP contribution < -0.4 is 10.1 Å². The lowest BCUT2D eigenvalue weighted by Gasteiger charge is -2.38. The minimum absolute atomic E-state index is 0.0107. The highest BCUT2D eigenvalue weighted by Gasteiger charge is 2.40. The zero-order chi connectivity index (χ0) is 17.6. The number of allylic oxidation sites excluding steroid dienone is 2. The van der Waals surface area contributed by atoms with Gasteiger partial charge in [0.15, 0.2) is 0 Å². The Bertz CT molecular complexity index is 864. The van der Waals surface area contributed by atoms with Gasteiger partial charge in [-0.2, -0.15) is 0 Å². The zero-order valence-electron chi connectivity index (χ0n) is 13.6. The van der Waals surface area contributed by atoms with Gasteiger partial charge in [0.2, 0.25) is 0 Å². The standard InChI is InChI=1S/C19H17FN2O3/c1-25-17-10-13(22(23)24)9-16-14-3-2-4-15(14)18(21-19(16)17)11-5-7-12(20)8-6-11/h2-3,5-10,14-15,18,21H,4H2,1H3/t14-,15+,18-/m0/s1. The van der Waals surface area contributed by atoms with Gasteiger partial charge < -0.3 is 10.1 Å². The number of methoxy groups -OCH3 is 1. The molecular formula is C19H17FN2O3. The smallest absolute Gasteiger partial charge is 0.273 e. The number of rotatable bonds is 3. The van der Waals surface area contributed by atoms with E-state index in [0.717, 1.165) is 23.2 Å². The number of ether oxygens (including phenoxy) is 1. The Labute approximate surface area is 144 Å². The Kier molecular flexibility index (Phi) is 3.67. The fourth-order valence-electron chi connectivity index (χ4n) is 3.92. The molecule has 0 saturated heterocycles. The topological polar surface area (TPSA) is 64.4 Å². The lowest BCUT2D eigenvalue weighted by atomic mass is 9.76. The van der Waals surface area contributed by atoms with Gasteiger partial charge in [0.1, 0.15) is 11.6 Å². The van der Waals surface area contributed by atoms with E-state index in [0.29, 0.717) is 5.75 Å². The number of fused-ring (bicyclic) bond motifs is 3. The average Bonchev–Trinajstić information content (AvgIpc) is 3.10. The van der Waals surface area contributed by atoms with E-state index in [2.05, 4.69) is 17.5 Å². The van der Waals surface area contributed by atoms with Crippen LogP contribution in [0.15, 0.2) is 48.6 Å². The van der Waals surface area contributed by atoms with Gasteiger partial charge in [-0.15, -0.1) is 0 Å². The number of benzene rings is 2. The van der Waals surface area contributed by atoms with Crippen LogP contribution in [0.1, 0.15) is 29.5 Å². The van der Waals surface area contributed by atoms with Crippen LogP contribution in [0.5, 0.6) is 5.75 Å². The fourth-order valence-corrected chi connectivity index (χ4v) is 3.92. The molecule has 0 spiro atoms. The molecule has 4 rings (SSSR count). The summed E-state index contributed by atoms with van der Waals surface area (Å²) in [6, 6.07) is 9.53. The monoisotopic (exact) mass is 340 g/mol. The highest BCUT2D eigenvalue weighted by atomic mass is 19.1. The Morgan fingerprint density at radius 2 is 2.04 bits per heavy atom. The van der Waals surface area contributed by atoms with Crippen molar-refractivity contribution in [3.05, 3.63) is 75.6 Å². The highest BCUT2D eigenvalue weighted by Crippen LogP contribution is 2.53. The van der Waals surface area contributed by atoms with Crippen molar-refractivity contribution in [2.24, 2.45) is 5.92 Å². The minimum Gasteiger partial charge on any atom is -0.494 e. The van der Waals surface area contributed by atoms with E-state index < -0.39 is 4.92 Å². The van der Waals surface area contributed by atoms with Gasteiger partial charge in [-0.3, -0.25) is 10.1 Å². The van der Waals surface area contributed by atoms with Crippen molar-refractivity contribution < 1.29 is 14.1 Å². The number of hydrogen-bond donors (Lipinski definition) is 1. The number of hydrogen-bond acceptors (Lipinski definition) is 4. The maximum atomic E-state index is 13.3. The first kappa shape index (κ1) is 15.6. The molecule has 0 fully saturated rings. The predicted molar refractivity (Wildman–Crippen MR) is 92.4 cm³/mol. The summed E-state index contributed by atoms with van der Waals surface area (Å²) in [7, 11) is 1.50. The molecule has 0 saturated carbocycles. The number of nitro benzene ring substituents is 1. The molecule has 3 atom stereocenters. The third-order valence-electron chi connectivity index (χ3n) is 5.08. The first-order chi connectivity index (χ1) is 12.1. The molecule has 2 aliphatic rings. The summed E-state index contributed by atoms with van der Waals surface area (Å²) in [6.07, 6.45) is 5.07. The van der Waals surface area contributed by atoms with Crippen LogP contribution in [0.4, 0.5) is 15.8 Å². The van der Waals surface area contributed by atoms with E-state index in [1.807, 2.05) is 0 Å². The summed E-state index contributed by atoms with van der Waals surface area (Å²) in [5.41, 5.74) is 2.67. The summed E-state index contributed by atoms with van der Waals surface area (Å²) in [5, 5.41) is 14.7. The van der Waals surface area contributed by atoms with Crippen LogP contribution in [0.25, 0.3) is 0 Å². The molecule has 2 aromatic carbocycles. The molecule has 128 valence electrons. The maximum absolute atomic E-state index is 13.3. The van der Waals surface area contributed by atoms with Crippen molar-refractivity contribution in [2.45, 2.75) is 18.4 Å². The molecule has 0 amide bonds. The first-order valence-corrected chi connectivity index (χ1v) is 8.13. The highest BCUT2D eigenvalue weighted by molar-refractivity contribution is 5.71. The predicted octanol–water partition coefficient (Wildman–Crippen LogP) is 4.57. The molecule has 0 radical (unpaired) electrons. The molecule has 1 aliphatic heterocycles. The molecule has 0 aromatic heterocycles. The molecule has 2 aromatic rings. The van der Waals surface area contributed by atoms with Crippen molar-refractivity contribution in [3.63, 3.8) is 0 Å². The van der Waals surface area contributed by atoms with Crippen molar-refractivity contribution in [1.82, 2.24) is 0 Å². The minimum atomic E-state index is -0.400. The second-order valence-corrected chi connectivity index (χ2v) is 6.40. The van der Waals surface area contributed by atoms with Gasteiger partial charge in [0, 0.05) is 12.0 Å². The third-order valence-corrected chi connectivity index (χ3v) is 5.08. The molecule has 0 unspecified atom stereocenters. The molecule has 5 nitrogen and oxygen atoms in total. The van der Waals surface area contributed by atoms with Gasteiger partial charge in [-0.25, -0.2) is 4.39 Å². The molecule has 6 heteroatoms. The van der Waals surface area contributed by atoms with Crippen LogP contribution in [0.3, 0.4) is 0 Å². The summed E-state index contributed by atoms with van der Waals surface area (Å²) >= 11 is 0. The van der Waals surface area contributed by atoms with Crippen molar-refractivity contribution in [2.75, 3.05) is 12.4 Å². The largest absolute Gasteiger partial charge is 0.494 e. The SMILES string of the molecule is COc1cc([N+](=O)[O-])cc2c1N[C@@H](c1ccc(F)cc1)[C@@H]1CC=C[C@H]21. The van der Waals surface area contributed by atoms with Crippen LogP contribution in [0.2, 0.25) is 0 Å². The fraction of sp³-hybridized carbons (Fsp3) is 0.263. The molecule has 25 heavy (non-hydrogen) atoms. The van der Waals surface area contributed by atoms with E-state index in [9.17, 15) is 14.5 Å². The third kappa shape index (κ3) is 2.54. The Morgan fingerprint density at radius 3 is 2.72 bits per heavy atom. The van der Waals surface area contributed by atoms with E-state index >= 15 is 0 Å². The summed E-state index contributed by atoms with van der Waals surface area (Å²) < 4.78 is 18.7. The van der Waals surface area contributed by atoms with Gasteiger partial charge in [0.25, 0.3) is 5.69 Å². The summed E-state index contributed by atoms with van der Waals surface area (Å²) in [6.45, 7) is 0. The lowest BCUT2D eigenvalue weighted by molar-refractivity contribution is -0.385. The van der Waals surface area contributed by atoms with Crippen molar-refractivity contribution in [1.29, 1.82) is 0 Å². The van der Waals surface area contributed by atoms with Gasteiger partial charge in [-0.1, -0.05) is 24.3 Å². The lowest BCUT2D eigenvalue weighted by Crippen LogP contribution is -2.29. The normalized spacial score (nSPS) is 23.5. The van der Waals surface area contributed by atoms with Crippen LogP contribution >= 0.6 is 0 Å².